The van der Waals surface area contributed by atoms with E-state index < -0.39 is 0 Å². The molecule has 2 aromatic rings. The molecule has 1 unspecified atom stereocenters. The van der Waals surface area contributed by atoms with E-state index in [0.717, 1.165) is 29.5 Å². The molecule has 0 saturated heterocycles. The molecule has 0 amide bonds. The maximum atomic E-state index is 5.21. The molecule has 0 bridgehead atoms. The van der Waals surface area contributed by atoms with Crippen LogP contribution in [0.2, 0.25) is 0 Å². The van der Waals surface area contributed by atoms with Crippen LogP contribution in [-0.2, 0) is 13.0 Å². The number of hydrogen-bond donors (Lipinski definition) is 2. The molecule has 1 aliphatic rings. The van der Waals surface area contributed by atoms with Crippen LogP contribution in [0.5, 0.6) is 0 Å². The number of rotatable bonds is 4. The predicted molar refractivity (Wildman–Crippen MR) is 112 cm³/mol. The van der Waals surface area contributed by atoms with Crippen LogP contribution in [0.3, 0.4) is 0 Å². The topological polar surface area (TPSA) is 62.5 Å². The first-order valence-corrected chi connectivity index (χ1v) is 8.63. The third kappa shape index (κ3) is 4.74. The molecule has 0 saturated carbocycles. The summed E-state index contributed by atoms with van der Waals surface area (Å²) in [6, 6.07) is 8.80. The smallest absolute Gasteiger partial charge is 0.191 e. The Balaban J connectivity index is 0.00000225. The van der Waals surface area contributed by atoms with Crippen molar-refractivity contribution in [1.29, 1.82) is 0 Å². The third-order valence-corrected chi connectivity index (χ3v) is 4.85. The number of halogens is 1. The van der Waals surface area contributed by atoms with Gasteiger partial charge >= 0.3 is 0 Å². The molecule has 1 aromatic heterocycles. The Kier molecular flexibility index (Phi) is 7.28. The van der Waals surface area contributed by atoms with Gasteiger partial charge in [-0.05, 0) is 44.2 Å². The highest BCUT2D eigenvalue weighted by molar-refractivity contribution is 14.0. The lowest BCUT2D eigenvalue weighted by molar-refractivity contribution is 0.392. The molecule has 1 aliphatic carbocycles. The second-order valence-electron chi connectivity index (χ2n) is 6.40. The predicted octanol–water partition coefficient (Wildman–Crippen LogP) is 3.69. The zero-order valence-electron chi connectivity index (χ0n) is 15.1. The van der Waals surface area contributed by atoms with Gasteiger partial charge in [0.05, 0.1) is 5.69 Å². The number of aliphatic imine (C=N–C) groups is 1. The van der Waals surface area contributed by atoms with Gasteiger partial charge in [-0.1, -0.05) is 29.4 Å². The summed E-state index contributed by atoms with van der Waals surface area (Å²) >= 11 is 0. The van der Waals surface area contributed by atoms with Crippen LogP contribution in [0.25, 0.3) is 0 Å². The van der Waals surface area contributed by atoms with E-state index in [1.54, 1.807) is 7.05 Å². The first-order chi connectivity index (χ1) is 11.7. The summed E-state index contributed by atoms with van der Waals surface area (Å²) in [5, 5.41) is 10.8. The van der Waals surface area contributed by atoms with Gasteiger partial charge in [-0.15, -0.1) is 24.0 Å². The molecule has 6 heteroatoms. The average molecular weight is 454 g/mol. The molecule has 0 radical (unpaired) electrons. The van der Waals surface area contributed by atoms with Crippen LogP contribution >= 0.6 is 24.0 Å². The molecule has 0 spiro atoms. The van der Waals surface area contributed by atoms with Gasteiger partial charge in [-0.3, -0.25) is 4.99 Å². The summed E-state index contributed by atoms with van der Waals surface area (Å²) in [6.45, 7) is 5.47. The second kappa shape index (κ2) is 9.22. The highest BCUT2D eigenvalue weighted by Gasteiger charge is 2.20. The lowest BCUT2D eigenvalue weighted by Gasteiger charge is -2.26. The van der Waals surface area contributed by atoms with Crippen molar-refractivity contribution >= 4 is 29.9 Å². The number of nitrogens with one attached hydrogen (secondary N) is 2. The molecule has 5 nitrogen and oxygen atoms in total. The van der Waals surface area contributed by atoms with E-state index in [4.69, 9.17) is 4.52 Å². The Bertz CT molecular complexity index is 706. The second-order valence-corrected chi connectivity index (χ2v) is 6.40. The molecule has 2 N–H and O–H groups in total. The summed E-state index contributed by atoms with van der Waals surface area (Å²) in [5.41, 5.74) is 5.00. The molecule has 1 heterocycles. The van der Waals surface area contributed by atoms with Gasteiger partial charge in [-0.2, -0.15) is 0 Å². The molecule has 3 rings (SSSR count). The van der Waals surface area contributed by atoms with Gasteiger partial charge in [-0.25, -0.2) is 0 Å². The third-order valence-electron chi connectivity index (χ3n) is 4.85. The summed E-state index contributed by atoms with van der Waals surface area (Å²) in [7, 11) is 1.80. The maximum Gasteiger partial charge on any atom is 0.191 e. The summed E-state index contributed by atoms with van der Waals surface area (Å²) in [5.74, 6) is 2.22. The normalized spacial score (nSPS) is 16.8. The number of nitrogens with zero attached hydrogens (tertiary/aromatic N) is 2. The van der Waals surface area contributed by atoms with E-state index >= 15 is 0 Å². The average Bonchev–Trinajstić information content (AvgIpc) is 2.93. The van der Waals surface area contributed by atoms with E-state index in [1.165, 1.54) is 30.4 Å². The number of benzene rings is 1. The van der Waals surface area contributed by atoms with Gasteiger partial charge in [0.2, 0.25) is 0 Å². The minimum Gasteiger partial charge on any atom is -0.361 e. The molecular weight excluding hydrogens is 427 g/mol. The van der Waals surface area contributed by atoms with Crippen molar-refractivity contribution in [3.05, 3.63) is 52.4 Å². The van der Waals surface area contributed by atoms with Crippen LogP contribution < -0.4 is 10.6 Å². The Morgan fingerprint density at radius 1 is 1.28 bits per heavy atom. The number of guanidine groups is 1. The Labute approximate surface area is 166 Å². The van der Waals surface area contributed by atoms with Crippen LogP contribution in [0.4, 0.5) is 0 Å². The first-order valence-electron chi connectivity index (χ1n) is 8.63. The minimum absolute atomic E-state index is 0. The van der Waals surface area contributed by atoms with Crippen LogP contribution in [0, 0.1) is 13.8 Å². The Morgan fingerprint density at radius 2 is 2.08 bits per heavy atom. The zero-order chi connectivity index (χ0) is 16.9. The molecule has 136 valence electrons. The Morgan fingerprint density at radius 3 is 2.80 bits per heavy atom. The van der Waals surface area contributed by atoms with Gasteiger partial charge in [0.25, 0.3) is 0 Å². The molecule has 0 aliphatic heterocycles. The van der Waals surface area contributed by atoms with Crippen LogP contribution in [-0.4, -0.2) is 24.7 Å². The van der Waals surface area contributed by atoms with Crippen LogP contribution in [0.15, 0.2) is 33.8 Å². The highest BCUT2D eigenvalue weighted by Crippen LogP contribution is 2.30. The van der Waals surface area contributed by atoms with Crippen molar-refractivity contribution in [3.8, 4) is 0 Å². The fourth-order valence-corrected chi connectivity index (χ4v) is 3.43. The van der Waals surface area contributed by atoms with Crippen molar-refractivity contribution in [2.75, 3.05) is 13.6 Å². The lowest BCUT2D eigenvalue weighted by atomic mass is 9.83. The summed E-state index contributed by atoms with van der Waals surface area (Å²) in [4.78, 5) is 4.33. The number of fused-ring (bicyclic) bond motifs is 1. The number of aromatic nitrogens is 1. The minimum atomic E-state index is 0. The maximum absolute atomic E-state index is 5.21. The first kappa shape index (κ1) is 19.8. The number of hydrogen-bond acceptors (Lipinski definition) is 3. The molecule has 0 fully saturated rings. The van der Waals surface area contributed by atoms with Crippen molar-refractivity contribution in [2.24, 2.45) is 4.99 Å². The molecule has 1 atom stereocenters. The van der Waals surface area contributed by atoms with Crippen molar-refractivity contribution in [1.82, 2.24) is 15.8 Å². The number of aryl methyl sites for hydroxylation is 3. The van der Waals surface area contributed by atoms with E-state index in [0.29, 0.717) is 12.5 Å². The van der Waals surface area contributed by atoms with E-state index in [2.05, 4.69) is 45.0 Å². The van der Waals surface area contributed by atoms with Gasteiger partial charge in [0, 0.05) is 31.6 Å². The van der Waals surface area contributed by atoms with Gasteiger partial charge < -0.3 is 15.2 Å². The fraction of sp³-hybridized carbons (Fsp3) is 0.474. The SMILES string of the molecule is CN=C(NCc1c(C)noc1C)NCC1CCCc2ccccc21.I. The lowest BCUT2D eigenvalue weighted by Crippen LogP contribution is -2.39. The van der Waals surface area contributed by atoms with Gasteiger partial charge in [0.1, 0.15) is 5.76 Å². The molecule has 1 aromatic carbocycles. The quantitative estimate of drug-likeness (QED) is 0.420. The summed E-state index contributed by atoms with van der Waals surface area (Å²) < 4.78 is 5.21. The van der Waals surface area contributed by atoms with E-state index in [-0.39, 0.29) is 24.0 Å². The van der Waals surface area contributed by atoms with Crippen LogP contribution in [0.1, 0.15) is 46.9 Å². The molecular formula is C19H27IN4O. The standard InChI is InChI=1S/C19H26N4O.HI/c1-13-18(14(2)24-23-13)12-22-19(20-3)21-11-16-9-6-8-15-7-4-5-10-17(15)16;/h4-5,7,10,16H,6,8-9,11-12H2,1-3H3,(H2,20,21,22);1H. The molecule has 25 heavy (non-hydrogen) atoms. The highest BCUT2D eigenvalue weighted by atomic mass is 127. The summed E-state index contributed by atoms with van der Waals surface area (Å²) in [6.07, 6.45) is 3.69. The van der Waals surface area contributed by atoms with Crippen molar-refractivity contribution in [2.45, 2.75) is 45.6 Å². The monoisotopic (exact) mass is 454 g/mol. The largest absolute Gasteiger partial charge is 0.361 e. The van der Waals surface area contributed by atoms with E-state index in [1.807, 2.05) is 13.8 Å². The van der Waals surface area contributed by atoms with Gasteiger partial charge in [0.15, 0.2) is 5.96 Å². The fourth-order valence-electron chi connectivity index (χ4n) is 3.43. The van der Waals surface area contributed by atoms with Crippen molar-refractivity contribution < 1.29 is 4.52 Å². The van der Waals surface area contributed by atoms with E-state index in [9.17, 15) is 0 Å². The zero-order valence-corrected chi connectivity index (χ0v) is 17.5. The van der Waals surface area contributed by atoms with Crippen molar-refractivity contribution in [3.63, 3.8) is 0 Å². The Hall–Kier alpha value is -1.57.